The second-order valence-electron chi connectivity index (χ2n) is 5.65. The van der Waals surface area contributed by atoms with Crippen molar-refractivity contribution in [3.8, 4) is 0 Å². The molecule has 0 aliphatic carbocycles. The SMILES string of the molecule is CC(=O)O.CC[P+](c1ccccc1)(c1ccccc1)c1ccccc1.[Br-]. The van der Waals surface area contributed by atoms with Gasteiger partial charge in [-0.1, -0.05) is 54.6 Å². The highest BCUT2D eigenvalue weighted by molar-refractivity contribution is 7.95. The molecule has 1 N–H and O–H groups in total. The van der Waals surface area contributed by atoms with Crippen LogP contribution in [0.3, 0.4) is 0 Å². The molecule has 0 amide bonds. The van der Waals surface area contributed by atoms with Gasteiger partial charge in [0.05, 0.1) is 6.16 Å². The minimum absolute atomic E-state index is 0. The second kappa shape index (κ2) is 10.9. The molecule has 0 unspecified atom stereocenters. The molecule has 3 aromatic carbocycles. The van der Waals surface area contributed by atoms with Crippen LogP contribution in [0.25, 0.3) is 0 Å². The van der Waals surface area contributed by atoms with E-state index in [1.807, 2.05) is 0 Å². The number of halogens is 1. The van der Waals surface area contributed by atoms with Gasteiger partial charge in [0.15, 0.2) is 0 Å². The van der Waals surface area contributed by atoms with E-state index < -0.39 is 13.2 Å². The maximum Gasteiger partial charge on any atom is 0.300 e. The third-order valence-electron chi connectivity index (χ3n) is 4.07. The van der Waals surface area contributed by atoms with Crippen LogP contribution in [0.5, 0.6) is 0 Å². The van der Waals surface area contributed by atoms with Crippen LogP contribution in [0.4, 0.5) is 0 Å². The Balaban J connectivity index is 0.000000616. The largest absolute Gasteiger partial charge is 1.00 e. The van der Waals surface area contributed by atoms with Crippen molar-refractivity contribution in [1.29, 1.82) is 0 Å². The lowest BCUT2D eigenvalue weighted by atomic mass is 10.4. The highest BCUT2D eigenvalue weighted by Gasteiger charge is 2.43. The van der Waals surface area contributed by atoms with Crippen molar-refractivity contribution in [2.75, 3.05) is 6.16 Å². The molecule has 0 aromatic heterocycles. The van der Waals surface area contributed by atoms with Crippen LogP contribution >= 0.6 is 7.26 Å². The van der Waals surface area contributed by atoms with E-state index in [1.165, 1.54) is 15.9 Å². The van der Waals surface area contributed by atoms with Gasteiger partial charge in [-0.05, 0) is 43.3 Å². The van der Waals surface area contributed by atoms with Crippen LogP contribution in [0.15, 0.2) is 91.0 Å². The number of carbonyl (C=O) groups is 1. The first-order valence-corrected chi connectivity index (χ1v) is 10.3. The normalized spacial score (nSPS) is 10.1. The number of hydrogen-bond donors (Lipinski definition) is 1. The van der Waals surface area contributed by atoms with Gasteiger partial charge in [-0.3, -0.25) is 4.79 Å². The van der Waals surface area contributed by atoms with Gasteiger partial charge in [0.2, 0.25) is 0 Å². The fourth-order valence-corrected chi connectivity index (χ4v) is 7.08. The lowest BCUT2D eigenvalue weighted by Crippen LogP contribution is -3.00. The van der Waals surface area contributed by atoms with E-state index in [0.29, 0.717) is 0 Å². The summed E-state index contributed by atoms with van der Waals surface area (Å²) in [6, 6.07) is 33.0. The highest BCUT2D eigenvalue weighted by Crippen LogP contribution is 2.54. The van der Waals surface area contributed by atoms with Crippen LogP contribution < -0.4 is 32.9 Å². The molecule has 0 atom stereocenters. The fraction of sp³-hybridized carbons (Fsp3) is 0.136. The van der Waals surface area contributed by atoms with Crippen molar-refractivity contribution in [2.45, 2.75) is 13.8 Å². The monoisotopic (exact) mass is 430 g/mol. The predicted molar refractivity (Wildman–Crippen MR) is 109 cm³/mol. The number of aliphatic carboxylic acids is 1. The molecule has 0 spiro atoms. The van der Waals surface area contributed by atoms with Crippen LogP contribution in [0.2, 0.25) is 0 Å². The standard InChI is InChI=1S/C20H20P.C2H4O2.BrH/c1-2-21(18-12-6-3-7-13-18,19-14-8-4-9-15-19)20-16-10-5-11-17-20;1-2(3)4;/h3-17H,2H2,1H3;1H3,(H,3,4);1H/q+1;;/p-1. The van der Waals surface area contributed by atoms with Crippen molar-refractivity contribution in [1.82, 2.24) is 0 Å². The van der Waals surface area contributed by atoms with Crippen molar-refractivity contribution in [3.63, 3.8) is 0 Å². The lowest BCUT2D eigenvalue weighted by molar-refractivity contribution is -0.134. The zero-order valence-corrected chi connectivity index (χ0v) is 17.5. The third kappa shape index (κ3) is 5.27. The molecule has 3 aromatic rings. The van der Waals surface area contributed by atoms with Crippen LogP contribution in [-0.2, 0) is 4.79 Å². The van der Waals surface area contributed by atoms with Gasteiger partial charge in [-0.25, -0.2) is 0 Å². The Labute approximate surface area is 167 Å². The van der Waals surface area contributed by atoms with Crippen molar-refractivity contribution < 1.29 is 26.9 Å². The Kier molecular flexibility index (Phi) is 9.26. The molecule has 0 radical (unpaired) electrons. The van der Waals surface area contributed by atoms with E-state index in [2.05, 4.69) is 97.9 Å². The molecule has 0 fully saturated rings. The second-order valence-corrected chi connectivity index (χ2v) is 9.45. The Bertz CT molecular complexity index is 676. The van der Waals surface area contributed by atoms with Gasteiger partial charge >= 0.3 is 0 Å². The van der Waals surface area contributed by atoms with Gasteiger partial charge in [-0.2, -0.15) is 0 Å². The Morgan fingerprint density at radius 3 is 1.15 bits per heavy atom. The van der Waals surface area contributed by atoms with Crippen molar-refractivity contribution in [3.05, 3.63) is 91.0 Å². The fourth-order valence-electron chi connectivity index (χ4n) is 3.04. The smallest absolute Gasteiger partial charge is 0.300 e. The molecule has 0 heterocycles. The summed E-state index contributed by atoms with van der Waals surface area (Å²) in [5.74, 6) is -0.833. The molecule has 0 saturated heterocycles. The first-order chi connectivity index (χ1) is 12.1. The lowest BCUT2D eigenvalue weighted by Gasteiger charge is -2.26. The summed E-state index contributed by atoms with van der Waals surface area (Å²) in [4.78, 5) is 9.00. The molecule has 3 rings (SSSR count). The number of carboxylic acids is 1. The van der Waals surface area contributed by atoms with Crippen molar-refractivity contribution in [2.24, 2.45) is 0 Å². The van der Waals surface area contributed by atoms with Gasteiger partial charge < -0.3 is 22.1 Å². The van der Waals surface area contributed by atoms with Crippen LogP contribution in [0, 0.1) is 0 Å². The Morgan fingerprint density at radius 2 is 0.962 bits per heavy atom. The number of rotatable bonds is 4. The van der Waals surface area contributed by atoms with E-state index in [9.17, 15) is 0 Å². The topological polar surface area (TPSA) is 37.3 Å². The van der Waals surface area contributed by atoms with E-state index in [4.69, 9.17) is 9.90 Å². The predicted octanol–water partition coefficient (Wildman–Crippen LogP) is 1.10. The van der Waals surface area contributed by atoms with E-state index in [-0.39, 0.29) is 17.0 Å². The molecule has 4 heteroatoms. The van der Waals surface area contributed by atoms with E-state index >= 15 is 0 Å². The Hall–Kier alpha value is -1.96. The minimum atomic E-state index is -1.53. The van der Waals surface area contributed by atoms with E-state index in [1.54, 1.807) is 0 Å². The molecule has 0 saturated carbocycles. The summed E-state index contributed by atoms with van der Waals surface area (Å²) in [5, 5.41) is 11.8. The summed E-state index contributed by atoms with van der Waals surface area (Å²) in [6.45, 7) is 3.40. The summed E-state index contributed by atoms with van der Waals surface area (Å²) in [7, 11) is -1.53. The maximum absolute atomic E-state index is 9.00. The van der Waals surface area contributed by atoms with Crippen molar-refractivity contribution >= 4 is 29.1 Å². The summed E-state index contributed by atoms with van der Waals surface area (Å²) in [5.41, 5.74) is 0. The number of benzene rings is 3. The first-order valence-electron chi connectivity index (χ1n) is 8.35. The van der Waals surface area contributed by atoms with Crippen LogP contribution in [0.1, 0.15) is 13.8 Å². The quantitative estimate of drug-likeness (QED) is 0.629. The van der Waals surface area contributed by atoms with Gasteiger partial charge in [0, 0.05) is 6.92 Å². The van der Waals surface area contributed by atoms with Crippen LogP contribution in [-0.4, -0.2) is 17.2 Å². The van der Waals surface area contributed by atoms with Gasteiger partial charge in [0.25, 0.3) is 5.97 Å². The summed E-state index contributed by atoms with van der Waals surface area (Å²) < 4.78 is 0. The third-order valence-corrected chi connectivity index (χ3v) is 8.55. The molecular weight excluding hydrogens is 407 g/mol. The highest BCUT2D eigenvalue weighted by atomic mass is 79.9. The number of hydrogen-bond acceptors (Lipinski definition) is 1. The average molecular weight is 431 g/mol. The molecule has 0 bridgehead atoms. The zero-order chi connectivity index (χ0) is 18.1. The molecule has 2 nitrogen and oxygen atoms in total. The zero-order valence-electron chi connectivity index (χ0n) is 15.0. The molecule has 136 valence electrons. The minimum Gasteiger partial charge on any atom is -1.00 e. The average Bonchev–Trinajstić information content (AvgIpc) is 2.65. The maximum atomic E-state index is 9.00. The summed E-state index contributed by atoms with van der Waals surface area (Å²) in [6.07, 6.45) is 1.14. The molecular formula is C22H24BrO2P. The first kappa shape index (κ1) is 22.1. The number of carboxylic acid groups (broad SMARTS) is 1. The van der Waals surface area contributed by atoms with Gasteiger partial charge in [-0.15, -0.1) is 0 Å². The van der Waals surface area contributed by atoms with E-state index in [0.717, 1.165) is 13.1 Å². The molecule has 26 heavy (non-hydrogen) atoms. The Morgan fingerprint density at radius 1 is 0.731 bits per heavy atom. The molecule has 0 aliphatic heterocycles. The molecule has 0 aliphatic rings. The summed E-state index contributed by atoms with van der Waals surface area (Å²) >= 11 is 0. The van der Waals surface area contributed by atoms with Gasteiger partial charge in [0.1, 0.15) is 23.2 Å².